The van der Waals surface area contributed by atoms with Gasteiger partial charge in [0.2, 0.25) is 5.91 Å². The summed E-state index contributed by atoms with van der Waals surface area (Å²) in [6.07, 6.45) is 5.77. The van der Waals surface area contributed by atoms with Gasteiger partial charge in [-0.2, -0.15) is 5.10 Å². The van der Waals surface area contributed by atoms with Crippen LogP contribution in [0, 0.1) is 5.92 Å². The fourth-order valence-corrected chi connectivity index (χ4v) is 4.61. The molecule has 1 aliphatic carbocycles. The molecule has 8 nitrogen and oxygen atoms in total. The van der Waals surface area contributed by atoms with Gasteiger partial charge >= 0.3 is 6.09 Å². The van der Waals surface area contributed by atoms with Gasteiger partial charge in [-0.3, -0.25) is 9.59 Å². The fraction of sp³-hybridized carbons (Fsp3) is 0.478. The molecule has 31 heavy (non-hydrogen) atoms. The van der Waals surface area contributed by atoms with E-state index in [0.29, 0.717) is 25.1 Å². The summed E-state index contributed by atoms with van der Waals surface area (Å²) in [6, 6.07) is 7.72. The number of carbonyl (C=O) groups is 2. The average Bonchev–Trinajstić information content (AvgIpc) is 2.79. The van der Waals surface area contributed by atoms with E-state index in [1.54, 1.807) is 0 Å². The molecule has 1 fully saturated rings. The topological polar surface area (TPSA) is 115 Å². The molecule has 1 saturated heterocycles. The van der Waals surface area contributed by atoms with Crippen LogP contribution in [0.25, 0.3) is 0 Å². The van der Waals surface area contributed by atoms with Gasteiger partial charge in [0, 0.05) is 24.3 Å². The van der Waals surface area contributed by atoms with Crippen LogP contribution in [-0.4, -0.2) is 45.3 Å². The number of anilines is 1. The Labute approximate surface area is 180 Å². The van der Waals surface area contributed by atoms with Crippen LogP contribution in [0.2, 0.25) is 0 Å². The molecule has 2 aromatic rings. The van der Waals surface area contributed by atoms with E-state index in [-0.39, 0.29) is 23.9 Å². The van der Waals surface area contributed by atoms with Crippen LogP contribution in [0.4, 0.5) is 10.5 Å². The predicted octanol–water partition coefficient (Wildman–Crippen LogP) is 2.76. The van der Waals surface area contributed by atoms with Gasteiger partial charge < -0.3 is 15.3 Å². The van der Waals surface area contributed by atoms with Crippen LogP contribution in [0.5, 0.6) is 0 Å². The number of rotatable bonds is 5. The molecule has 3 N–H and O–H groups in total. The number of fused-ring (bicyclic) bond motifs is 1. The highest BCUT2D eigenvalue weighted by Gasteiger charge is 2.28. The minimum absolute atomic E-state index is 0.0627. The van der Waals surface area contributed by atoms with E-state index in [2.05, 4.69) is 15.5 Å². The van der Waals surface area contributed by atoms with Gasteiger partial charge in [-0.1, -0.05) is 12.1 Å². The van der Waals surface area contributed by atoms with E-state index < -0.39 is 6.09 Å². The first kappa shape index (κ1) is 21.1. The highest BCUT2D eigenvalue weighted by molar-refractivity contribution is 5.93. The summed E-state index contributed by atoms with van der Waals surface area (Å²) in [7, 11) is 0. The van der Waals surface area contributed by atoms with Crippen molar-refractivity contribution in [3.05, 3.63) is 57.0 Å². The molecular formula is C23H28N4O4. The summed E-state index contributed by atoms with van der Waals surface area (Å²) in [5.74, 6) is -0.468. The van der Waals surface area contributed by atoms with Crippen molar-refractivity contribution in [1.82, 2.24) is 15.1 Å². The quantitative estimate of drug-likeness (QED) is 0.683. The first-order chi connectivity index (χ1) is 15.0. The fourth-order valence-electron chi connectivity index (χ4n) is 4.61. The molecule has 0 radical (unpaired) electrons. The number of hydrogen-bond donors (Lipinski definition) is 3. The van der Waals surface area contributed by atoms with Crippen LogP contribution in [0.1, 0.15) is 48.1 Å². The van der Waals surface area contributed by atoms with Gasteiger partial charge in [-0.25, -0.2) is 9.89 Å². The number of benzene rings is 1. The Morgan fingerprint density at radius 1 is 1.16 bits per heavy atom. The zero-order valence-corrected chi connectivity index (χ0v) is 17.5. The van der Waals surface area contributed by atoms with Crippen molar-refractivity contribution in [3.8, 4) is 0 Å². The highest BCUT2D eigenvalue weighted by Crippen LogP contribution is 2.22. The molecule has 0 saturated carbocycles. The first-order valence-corrected chi connectivity index (χ1v) is 11.0. The number of carbonyl (C=O) groups excluding carboxylic acids is 1. The normalized spacial score (nSPS) is 18.3. The molecule has 2 amide bonds. The van der Waals surface area contributed by atoms with Gasteiger partial charge in [-0.05, 0) is 74.6 Å². The second kappa shape index (κ2) is 9.32. The zero-order valence-electron chi connectivity index (χ0n) is 17.5. The van der Waals surface area contributed by atoms with Crippen molar-refractivity contribution in [2.75, 3.05) is 18.4 Å². The number of aromatic amines is 1. The van der Waals surface area contributed by atoms with Crippen molar-refractivity contribution >= 4 is 17.7 Å². The third kappa shape index (κ3) is 4.95. The van der Waals surface area contributed by atoms with Crippen LogP contribution < -0.4 is 10.9 Å². The Balaban J connectivity index is 1.39. The lowest BCUT2D eigenvalue weighted by atomic mass is 9.90. The average molecular weight is 425 g/mol. The van der Waals surface area contributed by atoms with Gasteiger partial charge in [-0.15, -0.1) is 0 Å². The smallest absolute Gasteiger partial charge is 0.407 e. The molecule has 2 heterocycles. The van der Waals surface area contributed by atoms with Crippen molar-refractivity contribution in [3.63, 3.8) is 0 Å². The van der Waals surface area contributed by atoms with Crippen LogP contribution in [-0.2, 0) is 30.5 Å². The Morgan fingerprint density at radius 3 is 2.77 bits per heavy atom. The molecule has 4 rings (SSSR count). The monoisotopic (exact) mass is 424 g/mol. The molecule has 1 aromatic heterocycles. The number of aromatic nitrogens is 2. The Bertz CT molecular complexity index is 1030. The Hall–Kier alpha value is -3.16. The molecular weight excluding hydrogens is 396 g/mol. The number of nitrogens with one attached hydrogen (secondary N) is 2. The van der Waals surface area contributed by atoms with Crippen LogP contribution in [0.3, 0.4) is 0 Å². The lowest BCUT2D eigenvalue weighted by molar-refractivity contribution is -0.121. The molecule has 2 aliphatic rings. The Kier molecular flexibility index (Phi) is 6.34. The lowest BCUT2D eigenvalue weighted by Gasteiger charge is -2.29. The maximum absolute atomic E-state index is 12.6. The number of carboxylic acid groups (broad SMARTS) is 1. The van der Waals surface area contributed by atoms with Crippen molar-refractivity contribution < 1.29 is 14.7 Å². The van der Waals surface area contributed by atoms with E-state index in [1.807, 2.05) is 24.3 Å². The maximum atomic E-state index is 12.6. The number of amides is 2. The summed E-state index contributed by atoms with van der Waals surface area (Å²) in [5.41, 5.74) is 4.68. The number of piperidine rings is 1. The van der Waals surface area contributed by atoms with Crippen LogP contribution in [0.15, 0.2) is 29.1 Å². The molecule has 164 valence electrons. The number of likely N-dealkylation sites (tertiary alicyclic amines) is 1. The maximum Gasteiger partial charge on any atom is 0.407 e. The van der Waals surface area contributed by atoms with Crippen LogP contribution >= 0.6 is 0 Å². The van der Waals surface area contributed by atoms with E-state index in [4.69, 9.17) is 0 Å². The third-order valence-corrected chi connectivity index (χ3v) is 6.29. The summed E-state index contributed by atoms with van der Waals surface area (Å²) >= 11 is 0. The van der Waals surface area contributed by atoms with E-state index in [1.165, 1.54) is 4.90 Å². The molecule has 0 bridgehead atoms. The number of hydrogen-bond acceptors (Lipinski definition) is 4. The van der Waals surface area contributed by atoms with E-state index >= 15 is 0 Å². The third-order valence-electron chi connectivity index (χ3n) is 6.29. The molecule has 1 unspecified atom stereocenters. The number of nitrogens with zero attached hydrogens (tertiary/aromatic N) is 2. The summed E-state index contributed by atoms with van der Waals surface area (Å²) in [5, 5.41) is 19.1. The predicted molar refractivity (Wildman–Crippen MR) is 116 cm³/mol. The van der Waals surface area contributed by atoms with Gasteiger partial charge in [0.15, 0.2) is 0 Å². The van der Waals surface area contributed by atoms with Gasteiger partial charge in [0.1, 0.15) is 0 Å². The highest BCUT2D eigenvalue weighted by atomic mass is 16.4. The van der Waals surface area contributed by atoms with E-state index in [9.17, 15) is 19.5 Å². The molecule has 1 atom stereocenters. The molecule has 0 spiro atoms. The van der Waals surface area contributed by atoms with Crippen molar-refractivity contribution in [2.45, 2.75) is 51.4 Å². The van der Waals surface area contributed by atoms with Crippen molar-refractivity contribution in [1.29, 1.82) is 0 Å². The molecule has 8 heteroatoms. The van der Waals surface area contributed by atoms with Crippen molar-refractivity contribution in [2.24, 2.45) is 5.92 Å². The minimum atomic E-state index is -0.974. The largest absolute Gasteiger partial charge is 0.465 e. The zero-order chi connectivity index (χ0) is 21.8. The second-order valence-corrected chi connectivity index (χ2v) is 8.42. The summed E-state index contributed by atoms with van der Waals surface area (Å²) < 4.78 is 0. The Morgan fingerprint density at radius 2 is 1.97 bits per heavy atom. The minimum Gasteiger partial charge on any atom is -0.465 e. The molecule has 1 aromatic carbocycles. The lowest BCUT2D eigenvalue weighted by Crippen LogP contribution is -2.43. The SMILES string of the molecule is O=C(Nc1cccc(CCc2n[nH]c(=O)c3c2CCCC3)c1)C1CCCN(C(=O)O)C1. The number of H-pyrrole nitrogens is 1. The molecule has 1 aliphatic heterocycles. The van der Waals surface area contributed by atoms with Gasteiger partial charge in [0.05, 0.1) is 11.6 Å². The van der Waals surface area contributed by atoms with Gasteiger partial charge in [0.25, 0.3) is 5.56 Å². The first-order valence-electron chi connectivity index (χ1n) is 11.0. The van der Waals surface area contributed by atoms with E-state index in [0.717, 1.165) is 60.9 Å². The number of aryl methyl sites for hydroxylation is 2. The summed E-state index contributed by atoms with van der Waals surface area (Å²) in [4.78, 5) is 37.2. The second-order valence-electron chi connectivity index (χ2n) is 8.42. The standard InChI is InChI=1S/C23H28N4O4/c28-21(16-6-4-12-27(14-16)23(30)31)24-17-7-3-5-15(13-17)10-11-20-18-8-1-2-9-19(18)22(29)26-25-20/h3,5,7,13,16H,1-2,4,6,8-12,14H2,(H,24,28)(H,26,29)(H,30,31). The summed E-state index contributed by atoms with van der Waals surface area (Å²) in [6.45, 7) is 0.723.